The number of imide groups is 1. The predicted octanol–water partition coefficient (Wildman–Crippen LogP) is 3.59. The molecule has 0 bridgehead atoms. The number of hydrogen-bond donors (Lipinski definition) is 1. The average molecular weight is 395 g/mol. The summed E-state index contributed by atoms with van der Waals surface area (Å²) in [7, 11) is 0. The number of anilines is 1. The van der Waals surface area contributed by atoms with Crippen LogP contribution in [0.5, 0.6) is 0 Å². The van der Waals surface area contributed by atoms with Crippen LogP contribution in [-0.4, -0.2) is 42.9 Å². The Morgan fingerprint density at radius 1 is 0.897 bits per heavy atom. The van der Waals surface area contributed by atoms with Gasteiger partial charge >= 0.3 is 0 Å². The molecule has 2 aliphatic rings. The van der Waals surface area contributed by atoms with Crippen molar-refractivity contribution in [3.05, 3.63) is 65.0 Å². The highest BCUT2D eigenvalue weighted by atomic mass is 19.1. The molecule has 2 aliphatic heterocycles. The lowest BCUT2D eigenvalue weighted by Crippen LogP contribution is -2.31. The summed E-state index contributed by atoms with van der Waals surface area (Å²) in [6, 6.07) is 12.2. The van der Waals surface area contributed by atoms with Crippen molar-refractivity contribution in [2.75, 3.05) is 31.1 Å². The maximum Gasteiger partial charge on any atom is 0.261 e. The van der Waals surface area contributed by atoms with E-state index in [1.54, 1.807) is 30.3 Å². The number of halogens is 1. The van der Waals surface area contributed by atoms with Crippen LogP contribution in [-0.2, 0) is 6.54 Å². The number of fused-ring (bicyclic) bond motifs is 1. The Morgan fingerprint density at radius 3 is 2.28 bits per heavy atom. The molecule has 2 amide bonds. The Hall–Kier alpha value is -2.73. The van der Waals surface area contributed by atoms with Gasteiger partial charge in [0.25, 0.3) is 11.8 Å². The van der Waals surface area contributed by atoms with Gasteiger partial charge in [-0.05, 0) is 56.5 Å². The number of benzene rings is 2. The minimum Gasteiger partial charge on any atom is -0.371 e. The largest absolute Gasteiger partial charge is 0.371 e. The average Bonchev–Trinajstić information content (AvgIpc) is 3.35. The van der Waals surface area contributed by atoms with E-state index in [-0.39, 0.29) is 17.6 Å². The van der Waals surface area contributed by atoms with Crippen molar-refractivity contribution < 1.29 is 14.0 Å². The number of unbranched alkanes of at least 4 members (excludes halogenated alkanes) is 1. The molecule has 0 atom stereocenters. The summed E-state index contributed by atoms with van der Waals surface area (Å²) in [4.78, 5) is 28.3. The Labute approximate surface area is 170 Å². The van der Waals surface area contributed by atoms with Crippen LogP contribution in [0.1, 0.15) is 52.0 Å². The lowest BCUT2D eigenvalue weighted by molar-refractivity contribution is 0.0651. The van der Waals surface area contributed by atoms with Crippen LogP contribution in [0.3, 0.4) is 0 Å². The molecule has 0 saturated carbocycles. The summed E-state index contributed by atoms with van der Waals surface area (Å²) in [5.41, 5.74) is 2.69. The van der Waals surface area contributed by atoms with E-state index in [1.807, 2.05) is 6.07 Å². The van der Waals surface area contributed by atoms with Gasteiger partial charge in [0.1, 0.15) is 5.82 Å². The van der Waals surface area contributed by atoms with Gasteiger partial charge < -0.3 is 10.2 Å². The molecule has 0 unspecified atom stereocenters. The van der Waals surface area contributed by atoms with Crippen LogP contribution < -0.4 is 10.2 Å². The molecular weight excluding hydrogens is 369 g/mol. The summed E-state index contributed by atoms with van der Waals surface area (Å²) in [5.74, 6) is -0.590. The monoisotopic (exact) mass is 395 g/mol. The van der Waals surface area contributed by atoms with Gasteiger partial charge in [0.05, 0.1) is 11.1 Å². The maximum atomic E-state index is 14.4. The zero-order valence-corrected chi connectivity index (χ0v) is 16.5. The molecule has 1 fully saturated rings. The fraction of sp³-hybridized carbons (Fsp3) is 0.391. The summed E-state index contributed by atoms with van der Waals surface area (Å²) < 4.78 is 14.4. The van der Waals surface area contributed by atoms with Gasteiger partial charge in [-0.2, -0.15) is 0 Å². The lowest BCUT2D eigenvalue weighted by atomic mass is 10.1. The topological polar surface area (TPSA) is 52.7 Å². The van der Waals surface area contributed by atoms with Gasteiger partial charge in [-0.15, -0.1) is 0 Å². The van der Waals surface area contributed by atoms with Crippen LogP contribution >= 0.6 is 0 Å². The van der Waals surface area contributed by atoms with Crippen LogP contribution in [0.2, 0.25) is 0 Å². The van der Waals surface area contributed by atoms with Crippen molar-refractivity contribution in [1.29, 1.82) is 0 Å². The molecule has 5 nitrogen and oxygen atoms in total. The molecule has 6 heteroatoms. The van der Waals surface area contributed by atoms with Crippen molar-refractivity contribution in [3.63, 3.8) is 0 Å². The van der Waals surface area contributed by atoms with E-state index in [9.17, 15) is 14.0 Å². The number of carbonyl (C=O) groups excluding carboxylic acids is 2. The first-order valence-corrected chi connectivity index (χ1v) is 10.3. The first-order valence-electron chi connectivity index (χ1n) is 10.3. The van der Waals surface area contributed by atoms with Crippen LogP contribution in [0.4, 0.5) is 10.1 Å². The Balaban J connectivity index is 1.24. The van der Waals surface area contributed by atoms with Crippen LogP contribution in [0, 0.1) is 5.82 Å². The molecule has 0 aromatic heterocycles. The molecule has 0 aliphatic carbocycles. The Kier molecular flexibility index (Phi) is 5.90. The van der Waals surface area contributed by atoms with E-state index in [0.717, 1.165) is 43.6 Å². The molecule has 1 saturated heterocycles. The zero-order chi connectivity index (χ0) is 20.2. The molecule has 152 valence electrons. The first kappa shape index (κ1) is 19.6. The third kappa shape index (κ3) is 4.03. The van der Waals surface area contributed by atoms with Gasteiger partial charge in [0.15, 0.2) is 0 Å². The number of nitrogens with zero attached hydrogens (tertiary/aromatic N) is 2. The zero-order valence-electron chi connectivity index (χ0n) is 16.5. The minimum atomic E-state index is -0.208. The van der Waals surface area contributed by atoms with E-state index < -0.39 is 0 Å². The fourth-order valence-corrected chi connectivity index (χ4v) is 4.15. The Bertz CT molecular complexity index is 874. The molecule has 2 aromatic carbocycles. The van der Waals surface area contributed by atoms with Gasteiger partial charge in [0, 0.05) is 37.4 Å². The second-order valence-corrected chi connectivity index (χ2v) is 7.62. The number of nitrogens with one attached hydrogen (secondary N) is 1. The van der Waals surface area contributed by atoms with Crippen molar-refractivity contribution in [2.45, 2.75) is 32.2 Å². The van der Waals surface area contributed by atoms with Crippen LogP contribution in [0.25, 0.3) is 0 Å². The van der Waals surface area contributed by atoms with E-state index in [1.165, 1.54) is 11.0 Å². The quantitative estimate of drug-likeness (QED) is 0.548. The predicted molar refractivity (Wildman–Crippen MR) is 111 cm³/mol. The Morgan fingerprint density at radius 2 is 1.59 bits per heavy atom. The number of rotatable bonds is 8. The van der Waals surface area contributed by atoms with E-state index in [2.05, 4.69) is 10.2 Å². The van der Waals surface area contributed by atoms with Gasteiger partial charge in [-0.25, -0.2) is 4.39 Å². The summed E-state index contributed by atoms with van der Waals surface area (Å²) >= 11 is 0. The summed E-state index contributed by atoms with van der Waals surface area (Å²) in [6.45, 7) is 3.56. The third-order valence-corrected chi connectivity index (χ3v) is 5.71. The fourth-order valence-electron chi connectivity index (χ4n) is 4.15. The third-order valence-electron chi connectivity index (χ3n) is 5.71. The summed E-state index contributed by atoms with van der Waals surface area (Å²) in [6.07, 6.45) is 3.83. The smallest absolute Gasteiger partial charge is 0.261 e. The highest BCUT2D eigenvalue weighted by Gasteiger charge is 2.34. The molecule has 1 N–H and O–H groups in total. The number of hydrogen-bond acceptors (Lipinski definition) is 4. The van der Waals surface area contributed by atoms with Gasteiger partial charge in [-0.1, -0.05) is 18.2 Å². The van der Waals surface area contributed by atoms with Crippen molar-refractivity contribution in [3.8, 4) is 0 Å². The molecular formula is C23H26FN3O2. The van der Waals surface area contributed by atoms with Crippen LogP contribution in [0.15, 0.2) is 42.5 Å². The molecule has 0 spiro atoms. The first-order chi connectivity index (χ1) is 14.2. The van der Waals surface area contributed by atoms with Crippen molar-refractivity contribution in [1.82, 2.24) is 10.2 Å². The van der Waals surface area contributed by atoms with E-state index >= 15 is 0 Å². The molecule has 0 radical (unpaired) electrons. The molecule has 2 aromatic rings. The standard InChI is InChI=1S/C23H26FN3O2/c24-20-10-7-11-21(26-13-5-6-14-26)19(20)16-25-12-3-4-15-27-22(28)17-8-1-2-9-18(17)23(27)29/h1-2,7-11,25H,3-6,12-16H2. The van der Waals surface area contributed by atoms with E-state index in [0.29, 0.717) is 37.2 Å². The number of amides is 2. The minimum absolute atomic E-state index is 0.173. The SMILES string of the molecule is O=C1c2ccccc2C(=O)N1CCCCNCc1c(F)cccc1N1CCCC1. The summed E-state index contributed by atoms with van der Waals surface area (Å²) in [5, 5.41) is 3.32. The highest BCUT2D eigenvalue weighted by Crippen LogP contribution is 2.26. The van der Waals surface area contributed by atoms with Gasteiger partial charge in [-0.3, -0.25) is 14.5 Å². The molecule has 4 rings (SSSR count). The van der Waals surface area contributed by atoms with E-state index in [4.69, 9.17) is 0 Å². The van der Waals surface area contributed by atoms with Crippen molar-refractivity contribution >= 4 is 17.5 Å². The van der Waals surface area contributed by atoms with Crippen molar-refractivity contribution in [2.24, 2.45) is 0 Å². The maximum absolute atomic E-state index is 14.4. The lowest BCUT2D eigenvalue weighted by Gasteiger charge is -2.22. The highest BCUT2D eigenvalue weighted by molar-refractivity contribution is 6.21. The molecule has 2 heterocycles. The van der Waals surface area contributed by atoms with Gasteiger partial charge in [0.2, 0.25) is 0 Å². The second-order valence-electron chi connectivity index (χ2n) is 7.62. The molecule has 29 heavy (non-hydrogen) atoms. The second kappa shape index (κ2) is 8.74. The number of carbonyl (C=O) groups is 2. The normalized spacial score (nSPS) is 16.0.